The van der Waals surface area contributed by atoms with Gasteiger partial charge in [-0.05, 0) is 61.6 Å². The normalized spacial score (nSPS) is 22.9. The largest absolute Gasteiger partial charge is 0.379 e. The third-order valence-electron chi connectivity index (χ3n) is 6.47. The van der Waals surface area contributed by atoms with Crippen LogP contribution in [0.15, 0.2) is 48.8 Å². The summed E-state index contributed by atoms with van der Waals surface area (Å²) in [6, 6.07) is 12.7. The molecule has 6 nitrogen and oxygen atoms in total. The van der Waals surface area contributed by atoms with Crippen molar-refractivity contribution in [3.8, 4) is 0 Å². The standard InChI is InChI=1S/C25H34N4O2/c1-20-4-2-6-23(16-20)27-25(30)8-7-22-19-28(18-21-5-3-10-26-17-21)11-9-24(22)29-12-14-31-15-13-29/h2-6,10,16-17,22,24H,7-9,11-15,18-19H2,1H3,(H,27,30)/t22-,24+/m0/s1. The number of ether oxygens (including phenoxy) is 1. The lowest BCUT2D eigenvalue weighted by molar-refractivity contribution is -0.116. The first-order chi connectivity index (χ1) is 15.2. The SMILES string of the molecule is Cc1cccc(NC(=O)CC[C@H]2CN(Cc3cccnc3)CC[C@H]2N2CCOCC2)c1. The van der Waals surface area contributed by atoms with Crippen LogP contribution in [-0.2, 0) is 16.1 Å². The number of carbonyl (C=O) groups is 1. The summed E-state index contributed by atoms with van der Waals surface area (Å²) in [4.78, 5) is 22.0. The topological polar surface area (TPSA) is 57.7 Å². The van der Waals surface area contributed by atoms with E-state index in [0.717, 1.165) is 70.0 Å². The average molecular weight is 423 g/mol. The minimum atomic E-state index is 0.107. The molecule has 2 saturated heterocycles. The summed E-state index contributed by atoms with van der Waals surface area (Å²) in [7, 11) is 0. The van der Waals surface area contributed by atoms with Crippen LogP contribution < -0.4 is 5.32 Å². The van der Waals surface area contributed by atoms with Gasteiger partial charge in [0.2, 0.25) is 5.91 Å². The number of piperidine rings is 1. The van der Waals surface area contributed by atoms with Gasteiger partial charge >= 0.3 is 0 Å². The number of hydrogen-bond acceptors (Lipinski definition) is 5. The smallest absolute Gasteiger partial charge is 0.224 e. The molecule has 4 rings (SSSR count). The van der Waals surface area contributed by atoms with Gasteiger partial charge in [0.15, 0.2) is 0 Å². The number of aromatic nitrogens is 1. The van der Waals surface area contributed by atoms with Crippen LogP contribution in [0.25, 0.3) is 0 Å². The lowest BCUT2D eigenvalue weighted by Gasteiger charge is -2.45. The molecule has 2 fully saturated rings. The lowest BCUT2D eigenvalue weighted by Crippen LogP contribution is -2.53. The quantitative estimate of drug-likeness (QED) is 0.742. The van der Waals surface area contributed by atoms with E-state index in [2.05, 4.69) is 26.2 Å². The van der Waals surface area contributed by atoms with Crippen LogP contribution in [0, 0.1) is 12.8 Å². The zero-order valence-corrected chi connectivity index (χ0v) is 18.5. The number of benzene rings is 1. The van der Waals surface area contributed by atoms with E-state index in [4.69, 9.17) is 4.74 Å². The number of hydrogen-bond donors (Lipinski definition) is 1. The van der Waals surface area contributed by atoms with Crippen LogP contribution in [0.4, 0.5) is 5.69 Å². The number of aryl methyl sites for hydroxylation is 1. The maximum Gasteiger partial charge on any atom is 0.224 e. The monoisotopic (exact) mass is 422 g/mol. The van der Waals surface area contributed by atoms with Crippen LogP contribution in [0.3, 0.4) is 0 Å². The number of likely N-dealkylation sites (tertiary alicyclic amines) is 1. The number of nitrogens with one attached hydrogen (secondary N) is 1. The number of pyridine rings is 1. The molecular weight excluding hydrogens is 388 g/mol. The molecule has 0 spiro atoms. The van der Waals surface area contributed by atoms with Crippen molar-refractivity contribution in [1.82, 2.24) is 14.8 Å². The van der Waals surface area contributed by atoms with Crippen molar-refractivity contribution in [2.24, 2.45) is 5.92 Å². The highest BCUT2D eigenvalue weighted by Gasteiger charge is 2.34. The summed E-state index contributed by atoms with van der Waals surface area (Å²) in [5.74, 6) is 0.586. The molecule has 1 aromatic heterocycles. The van der Waals surface area contributed by atoms with Gasteiger partial charge in [0.1, 0.15) is 0 Å². The van der Waals surface area contributed by atoms with E-state index in [1.807, 2.05) is 49.6 Å². The van der Waals surface area contributed by atoms with E-state index < -0.39 is 0 Å². The Morgan fingerprint density at radius 1 is 1.19 bits per heavy atom. The average Bonchev–Trinajstić information content (AvgIpc) is 2.79. The van der Waals surface area contributed by atoms with Crippen molar-refractivity contribution in [3.05, 3.63) is 59.9 Å². The summed E-state index contributed by atoms with van der Waals surface area (Å²) >= 11 is 0. The van der Waals surface area contributed by atoms with Gasteiger partial charge in [0.05, 0.1) is 13.2 Å². The van der Waals surface area contributed by atoms with E-state index in [1.165, 1.54) is 5.56 Å². The highest BCUT2D eigenvalue weighted by molar-refractivity contribution is 5.90. The molecule has 1 amide bonds. The Morgan fingerprint density at radius 3 is 2.84 bits per heavy atom. The van der Waals surface area contributed by atoms with Gasteiger partial charge in [-0.25, -0.2) is 0 Å². The van der Waals surface area contributed by atoms with Crippen molar-refractivity contribution >= 4 is 11.6 Å². The Kier molecular flexibility index (Phi) is 7.67. The fourth-order valence-corrected chi connectivity index (χ4v) is 4.92. The Labute approximate surface area is 185 Å². The Bertz CT molecular complexity index is 838. The Morgan fingerprint density at radius 2 is 2.06 bits per heavy atom. The second-order valence-corrected chi connectivity index (χ2v) is 8.82. The second-order valence-electron chi connectivity index (χ2n) is 8.82. The molecule has 166 valence electrons. The van der Waals surface area contributed by atoms with Crippen LogP contribution >= 0.6 is 0 Å². The van der Waals surface area contributed by atoms with E-state index in [1.54, 1.807) is 0 Å². The number of anilines is 1. The minimum absolute atomic E-state index is 0.107. The predicted octanol–water partition coefficient (Wildman–Crippen LogP) is 3.33. The maximum atomic E-state index is 12.7. The summed E-state index contributed by atoms with van der Waals surface area (Å²) in [5, 5.41) is 3.07. The van der Waals surface area contributed by atoms with Gasteiger partial charge < -0.3 is 10.1 Å². The highest BCUT2D eigenvalue weighted by Crippen LogP contribution is 2.28. The molecule has 2 aliphatic heterocycles. The van der Waals surface area contributed by atoms with E-state index >= 15 is 0 Å². The summed E-state index contributed by atoms with van der Waals surface area (Å²) in [6.45, 7) is 8.71. The molecule has 2 atom stereocenters. The van der Waals surface area contributed by atoms with Crippen LogP contribution in [-0.4, -0.2) is 66.1 Å². The third kappa shape index (κ3) is 6.35. The van der Waals surface area contributed by atoms with Gasteiger partial charge in [-0.1, -0.05) is 18.2 Å². The number of morpholine rings is 1. The highest BCUT2D eigenvalue weighted by atomic mass is 16.5. The van der Waals surface area contributed by atoms with Crippen molar-refractivity contribution < 1.29 is 9.53 Å². The second kappa shape index (κ2) is 10.8. The molecule has 6 heteroatoms. The molecule has 3 heterocycles. The number of amides is 1. The molecule has 2 aliphatic rings. The van der Waals surface area contributed by atoms with Crippen molar-refractivity contribution in [2.75, 3.05) is 44.7 Å². The fraction of sp³-hybridized carbons (Fsp3) is 0.520. The molecule has 31 heavy (non-hydrogen) atoms. The first-order valence-corrected chi connectivity index (χ1v) is 11.5. The summed E-state index contributed by atoms with van der Waals surface area (Å²) in [5.41, 5.74) is 3.29. The summed E-state index contributed by atoms with van der Waals surface area (Å²) < 4.78 is 5.58. The van der Waals surface area contributed by atoms with Gasteiger partial charge in [-0.3, -0.25) is 19.6 Å². The molecule has 2 aromatic rings. The molecule has 0 unspecified atom stereocenters. The lowest BCUT2D eigenvalue weighted by atomic mass is 9.86. The fourth-order valence-electron chi connectivity index (χ4n) is 4.92. The Balaban J connectivity index is 1.37. The maximum absolute atomic E-state index is 12.7. The minimum Gasteiger partial charge on any atom is -0.379 e. The zero-order chi connectivity index (χ0) is 21.5. The number of carbonyl (C=O) groups excluding carboxylic acids is 1. The Hall–Kier alpha value is -2.28. The van der Waals surface area contributed by atoms with Gasteiger partial charge in [0.25, 0.3) is 0 Å². The van der Waals surface area contributed by atoms with Crippen molar-refractivity contribution in [3.63, 3.8) is 0 Å². The van der Waals surface area contributed by atoms with Crippen LogP contribution in [0.5, 0.6) is 0 Å². The molecule has 1 N–H and O–H groups in total. The van der Waals surface area contributed by atoms with E-state index in [-0.39, 0.29) is 5.91 Å². The first kappa shape index (κ1) is 21.9. The van der Waals surface area contributed by atoms with Crippen LogP contribution in [0.1, 0.15) is 30.4 Å². The van der Waals surface area contributed by atoms with Crippen LogP contribution in [0.2, 0.25) is 0 Å². The molecule has 0 bridgehead atoms. The zero-order valence-electron chi connectivity index (χ0n) is 18.5. The predicted molar refractivity (Wildman–Crippen MR) is 123 cm³/mol. The third-order valence-corrected chi connectivity index (χ3v) is 6.47. The summed E-state index contributed by atoms with van der Waals surface area (Å²) in [6.07, 6.45) is 6.38. The van der Waals surface area contributed by atoms with E-state index in [9.17, 15) is 4.79 Å². The number of rotatable bonds is 7. The molecule has 0 radical (unpaired) electrons. The van der Waals surface area contributed by atoms with Gasteiger partial charge in [-0.15, -0.1) is 0 Å². The van der Waals surface area contributed by atoms with Crippen molar-refractivity contribution in [1.29, 1.82) is 0 Å². The van der Waals surface area contributed by atoms with E-state index in [0.29, 0.717) is 18.4 Å². The van der Waals surface area contributed by atoms with Gasteiger partial charge in [0, 0.05) is 56.7 Å². The molecule has 1 aromatic carbocycles. The molecule has 0 saturated carbocycles. The molecular formula is C25H34N4O2. The molecule has 0 aliphatic carbocycles. The van der Waals surface area contributed by atoms with Gasteiger partial charge in [-0.2, -0.15) is 0 Å². The number of nitrogens with zero attached hydrogens (tertiary/aromatic N) is 3. The van der Waals surface area contributed by atoms with Crippen molar-refractivity contribution in [2.45, 2.75) is 38.8 Å². The first-order valence-electron chi connectivity index (χ1n) is 11.5.